The Morgan fingerprint density at radius 1 is 1.43 bits per heavy atom. The smallest absolute Gasteiger partial charge is 0.146 e. The zero-order chi connectivity index (χ0) is 10.6. The number of benzene rings is 1. The predicted octanol–water partition coefficient (Wildman–Crippen LogP) is 1.67. The first kappa shape index (κ1) is 10.9. The van der Waals surface area contributed by atoms with E-state index < -0.39 is 6.04 Å². The second-order valence-electron chi connectivity index (χ2n) is 3.38. The maximum absolute atomic E-state index is 12.5. The largest absolute Gasteiger partial charge is 0.322 e. The van der Waals surface area contributed by atoms with E-state index >= 15 is 0 Å². The molecule has 0 amide bonds. The topological polar surface area (TPSA) is 43.1 Å². The van der Waals surface area contributed by atoms with Crippen molar-refractivity contribution in [2.45, 2.75) is 25.8 Å². The fourth-order valence-electron chi connectivity index (χ4n) is 1.18. The summed E-state index contributed by atoms with van der Waals surface area (Å²) >= 11 is 0. The molecule has 1 rings (SSSR count). The Morgan fingerprint density at radius 2 is 2.00 bits per heavy atom. The number of ketones is 1. The van der Waals surface area contributed by atoms with E-state index in [1.165, 1.54) is 19.1 Å². The number of rotatable bonds is 4. The maximum atomic E-state index is 12.5. The molecular formula is C11H14FNO. The number of halogens is 1. The first-order valence-corrected chi connectivity index (χ1v) is 4.60. The molecule has 1 atom stereocenters. The highest BCUT2D eigenvalue weighted by Crippen LogP contribution is 2.06. The van der Waals surface area contributed by atoms with Crippen molar-refractivity contribution in [2.75, 3.05) is 0 Å². The zero-order valence-electron chi connectivity index (χ0n) is 8.16. The molecule has 3 heteroatoms. The highest BCUT2D eigenvalue weighted by Gasteiger charge is 2.07. The van der Waals surface area contributed by atoms with Crippen molar-refractivity contribution in [3.05, 3.63) is 35.6 Å². The quantitative estimate of drug-likeness (QED) is 0.794. The maximum Gasteiger partial charge on any atom is 0.146 e. The van der Waals surface area contributed by atoms with E-state index in [0.717, 1.165) is 5.56 Å². The Labute approximate surface area is 82.9 Å². The fourth-order valence-corrected chi connectivity index (χ4v) is 1.18. The molecule has 1 unspecified atom stereocenters. The van der Waals surface area contributed by atoms with Crippen molar-refractivity contribution >= 4 is 5.78 Å². The van der Waals surface area contributed by atoms with Crippen molar-refractivity contribution in [3.63, 3.8) is 0 Å². The van der Waals surface area contributed by atoms with Gasteiger partial charge in [-0.1, -0.05) is 12.1 Å². The first-order chi connectivity index (χ1) is 6.59. The molecule has 14 heavy (non-hydrogen) atoms. The Kier molecular flexibility index (Phi) is 3.77. The molecule has 0 aliphatic heterocycles. The van der Waals surface area contributed by atoms with Crippen LogP contribution in [0.2, 0.25) is 0 Å². The van der Waals surface area contributed by atoms with Gasteiger partial charge in [0.05, 0.1) is 6.04 Å². The lowest BCUT2D eigenvalue weighted by atomic mass is 10.0. The summed E-state index contributed by atoms with van der Waals surface area (Å²) < 4.78 is 12.5. The number of Topliss-reactive ketones (excluding diaryl/α,β-unsaturated/α-hetero) is 1. The van der Waals surface area contributed by atoms with E-state index in [4.69, 9.17) is 5.73 Å². The van der Waals surface area contributed by atoms with Crippen LogP contribution in [-0.2, 0) is 11.2 Å². The summed E-state index contributed by atoms with van der Waals surface area (Å²) in [5.74, 6) is -0.253. The van der Waals surface area contributed by atoms with Crippen LogP contribution in [0.25, 0.3) is 0 Å². The van der Waals surface area contributed by atoms with Crippen LogP contribution in [0.4, 0.5) is 4.39 Å². The van der Waals surface area contributed by atoms with Crippen LogP contribution in [0.3, 0.4) is 0 Å². The third kappa shape index (κ3) is 3.26. The molecule has 76 valence electrons. The summed E-state index contributed by atoms with van der Waals surface area (Å²) in [6, 6.07) is 5.84. The van der Waals surface area contributed by atoms with Crippen LogP contribution in [0.1, 0.15) is 18.9 Å². The van der Waals surface area contributed by atoms with E-state index in [2.05, 4.69) is 0 Å². The van der Waals surface area contributed by atoms with Gasteiger partial charge in [-0.3, -0.25) is 4.79 Å². The third-order valence-electron chi connectivity index (χ3n) is 2.18. The van der Waals surface area contributed by atoms with Gasteiger partial charge in [-0.2, -0.15) is 0 Å². The van der Waals surface area contributed by atoms with E-state index in [-0.39, 0.29) is 11.6 Å². The summed E-state index contributed by atoms with van der Waals surface area (Å²) in [6.07, 6.45) is 1.32. The molecule has 2 N–H and O–H groups in total. The molecule has 1 aromatic rings. The molecule has 1 aromatic carbocycles. The number of hydrogen-bond acceptors (Lipinski definition) is 2. The molecule has 0 saturated carbocycles. The van der Waals surface area contributed by atoms with Gasteiger partial charge < -0.3 is 5.73 Å². The lowest BCUT2D eigenvalue weighted by molar-refractivity contribution is -0.118. The monoisotopic (exact) mass is 195 g/mol. The SMILES string of the molecule is CC(=O)C(N)CCc1ccc(F)cc1. The average Bonchev–Trinajstić information content (AvgIpc) is 2.16. The zero-order valence-corrected chi connectivity index (χ0v) is 8.16. The molecule has 0 fully saturated rings. The van der Waals surface area contributed by atoms with Gasteiger partial charge in [-0.05, 0) is 37.5 Å². The normalized spacial score (nSPS) is 12.5. The predicted molar refractivity (Wildman–Crippen MR) is 53.4 cm³/mol. The van der Waals surface area contributed by atoms with Gasteiger partial charge >= 0.3 is 0 Å². The Morgan fingerprint density at radius 3 is 2.50 bits per heavy atom. The van der Waals surface area contributed by atoms with Gasteiger partial charge in [0.1, 0.15) is 11.6 Å². The highest BCUT2D eigenvalue weighted by molar-refractivity contribution is 5.81. The lowest BCUT2D eigenvalue weighted by Gasteiger charge is -2.06. The van der Waals surface area contributed by atoms with Crippen LogP contribution in [0.15, 0.2) is 24.3 Å². The summed E-state index contributed by atoms with van der Waals surface area (Å²) in [7, 11) is 0. The van der Waals surface area contributed by atoms with Crippen molar-refractivity contribution in [3.8, 4) is 0 Å². The molecule has 0 saturated heterocycles. The average molecular weight is 195 g/mol. The van der Waals surface area contributed by atoms with E-state index in [1.54, 1.807) is 12.1 Å². The fraction of sp³-hybridized carbons (Fsp3) is 0.364. The molecular weight excluding hydrogens is 181 g/mol. The number of nitrogens with two attached hydrogens (primary N) is 1. The van der Waals surface area contributed by atoms with E-state index in [1.807, 2.05) is 0 Å². The summed E-state index contributed by atoms with van der Waals surface area (Å²) in [4.78, 5) is 10.8. The number of carbonyl (C=O) groups excluding carboxylic acids is 1. The Bertz CT molecular complexity index is 308. The molecule has 0 bridgehead atoms. The van der Waals surface area contributed by atoms with Gasteiger partial charge in [-0.15, -0.1) is 0 Å². The van der Waals surface area contributed by atoms with Gasteiger partial charge in [0, 0.05) is 0 Å². The first-order valence-electron chi connectivity index (χ1n) is 4.60. The molecule has 0 aromatic heterocycles. The molecule has 0 aliphatic rings. The van der Waals surface area contributed by atoms with Gasteiger partial charge in [-0.25, -0.2) is 4.39 Å². The van der Waals surface area contributed by atoms with Crippen LogP contribution < -0.4 is 5.73 Å². The lowest BCUT2D eigenvalue weighted by Crippen LogP contribution is -2.28. The van der Waals surface area contributed by atoms with Crippen LogP contribution in [0.5, 0.6) is 0 Å². The van der Waals surface area contributed by atoms with Gasteiger partial charge in [0.15, 0.2) is 0 Å². The van der Waals surface area contributed by atoms with E-state index in [9.17, 15) is 9.18 Å². The molecule has 0 aliphatic carbocycles. The minimum Gasteiger partial charge on any atom is -0.322 e. The molecule has 0 heterocycles. The minimum absolute atomic E-state index is 0.00730. The summed E-state index contributed by atoms with van der Waals surface area (Å²) in [5, 5.41) is 0. The standard InChI is InChI=1S/C11H14FNO/c1-8(14)11(13)7-4-9-2-5-10(12)6-3-9/h2-3,5-6,11H,4,7,13H2,1H3. The third-order valence-corrected chi connectivity index (χ3v) is 2.18. The Hall–Kier alpha value is -1.22. The molecule has 0 spiro atoms. The van der Waals surface area contributed by atoms with Crippen molar-refractivity contribution in [1.82, 2.24) is 0 Å². The van der Waals surface area contributed by atoms with Crippen molar-refractivity contribution in [1.29, 1.82) is 0 Å². The minimum atomic E-state index is -0.403. The highest BCUT2D eigenvalue weighted by atomic mass is 19.1. The van der Waals surface area contributed by atoms with Crippen LogP contribution in [0, 0.1) is 5.82 Å². The van der Waals surface area contributed by atoms with Crippen molar-refractivity contribution < 1.29 is 9.18 Å². The van der Waals surface area contributed by atoms with Gasteiger partial charge in [0.25, 0.3) is 0 Å². The second kappa shape index (κ2) is 4.86. The number of hydrogen-bond donors (Lipinski definition) is 1. The molecule has 0 radical (unpaired) electrons. The second-order valence-corrected chi connectivity index (χ2v) is 3.38. The summed E-state index contributed by atoms with van der Waals surface area (Å²) in [5.41, 5.74) is 6.57. The van der Waals surface area contributed by atoms with Crippen LogP contribution >= 0.6 is 0 Å². The number of carbonyl (C=O) groups is 1. The Balaban J connectivity index is 2.46. The summed E-state index contributed by atoms with van der Waals surface area (Å²) in [6.45, 7) is 1.48. The number of aryl methyl sites for hydroxylation is 1. The molecule has 2 nitrogen and oxygen atoms in total. The van der Waals surface area contributed by atoms with Crippen LogP contribution in [-0.4, -0.2) is 11.8 Å². The van der Waals surface area contributed by atoms with Gasteiger partial charge in [0.2, 0.25) is 0 Å². The van der Waals surface area contributed by atoms with E-state index in [0.29, 0.717) is 12.8 Å². The van der Waals surface area contributed by atoms with Crippen molar-refractivity contribution in [2.24, 2.45) is 5.73 Å².